The zero-order valence-corrected chi connectivity index (χ0v) is 16.4. The van der Waals surface area contributed by atoms with Gasteiger partial charge in [-0.25, -0.2) is 8.42 Å². The summed E-state index contributed by atoms with van der Waals surface area (Å²) >= 11 is 3.26. The number of ether oxygens (including phenoxy) is 1. The van der Waals surface area contributed by atoms with E-state index in [9.17, 15) is 13.2 Å². The lowest BCUT2D eigenvalue weighted by Gasteiger charge is -2.25. The average molecular weight is 407 g/mol. The van der Waals surface area contributed by atoms with Crippen LogP contribution < -0.4 is 10.1 Å². The second-order valence-electron chi connectivity index (χ2n) is 6.02. The van der Waals surface area contributed by atoms with E-state index in [1.165, 1.54) is 13.2 Å². The van der Waals surface area contributed by atoms with Gasteiger partial charge in [0.05, 0.1) is 13.7 Å². The first kappa shape index (κ1) is 19.9. The van der Waals surface area contributed by atoms with Gasteiger partial charge in [0.1, 0.15) is 10.6 Å². The van der Waals surface area contributed by atoms with Gasteiger partial charge in [-0.2, -0.15) is 4.31 Å². The predicted octanol–water partition coefficient (Wildman–Crippen LogP) is 2.38. The van der Waals surface area contributed by atoms with Crippen molar-refractivity contribution in [2.45, 2.75) is 38.1 Å². The van der Waals surface area contributed by atoms with Crippen LogP contribution in [0.2, 0.25) is 0 Å². The number of nitrogens with zero attached hydrogens (tertiary/aromatic N) is 1. The topological polar surface area (TPSA) is 75.7 Å². The van der Waals surface area contributed by atoms with Crippen molar-refractivity contribution < 1.29 is 17.9 Å². The molecule has 0 aliphatic rings. The maximum absolute atomic E-state index is 12.8. The molecule has 0 spiro atoms. The highest BCUT2D eigenvalue weighted by Crippen LogP contribution is 2.29. The molecule has 0 heterocycles. The van der Waals surface area contributed by atoms with Gasteiger partial charge in [-0.05, 0) is 39.0 Å². The van der Waals surface area contributed by atoms with Gasteiger partial charge in [0.2, 0.25) is 15.9 Å². The van der Waals surface area contributed by atoms with Gasteiger partial charge >= 0.3 is 0 Å². The third-order valence-corrected chi connectivity index (χ3v) is 5.37. The monoisotopic (exact) mass is 406 g/mol. The summed E-state index contributed by atoms with van der Waals surface area (Å²) in [6, 6.07) is 4.74. The summed E-state index contributed by atoms with van der Waals surface area (Å²) in [6.07, 6.45) is 0. The van der Waals surface area contributed by atoms with Gasteiger partial charge in [-0.3, -0.25) is 4.79 Å². The van der Waals surface area contributed by atoms with Crippen LogP contribution >= 0.6 is 15.9 Å². The first-order valence-electron chi connectivity index (χ1n) is 7.16. The molecule has 1 aromatic rings. The van der Waals surface area contributed by atoms with Gasteiger partial charge < -0.3 is 10.1 Å². The number of amides is 1. The highest BCUT2D eigenvalue weighted by Gasteiger charge is 2.29. The molecule has 0 aromatic heterocycles. The molecular formula is C15H23BrN2O4S. The number of methoxy groups -OCH3 is 1. The Hall–Kier alpha value is -1.12. The molecular weight excluding hydrogens is 384 g/mol. The summed E-state index contributed by atoms with van der Waals surface area (Å²) in [6.45, 7) is 7.14. The van der Waals surface area contributed by atoms with Crippen molar-refractivity contribution >= 4 is 31.9 Å². The summed E-state index contributed by atoms with van der Waals surface area (Å²) in [5.74, 6) is -0.111. The van der Waals surface area contributed by atoms with Crippen molar-refractivity contribution in [2.24, 2.45) is 0 Å². The standard InChI is InChI=1S/C15H23BrN2O4S/c1-6-18(10-14(19)17-15(2,3)4)23(20,21)13-9-11(16)7-8-12(13)22-5/h7-9H,6,10H2,1-5H3,(H,17,19). The number of nitrogens with one attached hydrogen (secondary N) is 1. The van der Waals surface area contributed by atoms with Crippen molar-refractivity contribution in [2.75, 3.05) is 20.2 Å². The van der Waals surface area contributed by atoms with Crippen LogP contribution in [0, 0.1) is 0 Å². The minimum absolute atomic E-state index is 0.0276. The number of hydrogen-bond acceptors (Lipinski definition) is 4. The molecule has 23 heavy (non-hydrogen) atoms. The molecule has 0 bridgehead atoms. The summed E-state index contributed by atoms with van der Waals surface area (Å²) < 4.78 is 32.6. The quantitative estimate of drug-likeness (QED) is 0.786. The second-order valence-corrected chi connectivity index (χ2v) is 8.85. The second kappa shape index (κ2) is 7.63. The molecule has 1 aromatic carbocycles. The molecule has 0 fully saturated rings. The summed E-state index contributed by atoms with van der Waals surface area (Å²) in [5.41, 5.74) is -0.423. The van der Waals surface area contributed by atoms with E-state index in [1.807, 2.05) is 20.8 Å². The number of halogens is 1. The van der Waals surface area contributed by atoms with E-state index in [-0.39, 0.29) is 29.6 Å². The lowest BCUT2D eigenvalue weighted by molar-refractivity contribution is -0.122. The molecule has 0 saturated heterocycles. The Labute approximate surface area is 146 Å². The zero-order valence-electron chi connectivity index (χ0n) is 14.0. The minimum Gasteiger partial charge on any atom is -0.495 e. The first-order chi connectivity index (χ1) is 10.5. The SMILES string of the molecule is CCN(CC(=O)NC(C)(C)C)S(=O)(=O)c1cc(Br)ccc1OC. The van der Waals surface area contributed by atoms with E-state index in [1.54, 1.807) is 19.1 Å². The Morgan fingerprint density at radius 2 is 1.96 bits per heavy atom. The van der Waals surface area contributed by atoms with Crippen LogP contribution in [0.5, 0.6) is 5.75 Å². The van der Waals surface area contributed by atoms with Crippen LogP contribution in [-0.4, -0.2) is 44.4 Å². The van der Waals surface area contributed by atoms with Gasteiger partial charge in [0.25, 0.3) is 0 Å². The van der Waals surface area contributed by atoms with Crippen LogP contribution in [0.15, 0.2) is 27.6 Å². The predicted molar refractivity (Wildman–Crippen MR) is 93.0 cm³/mol. The van der Waals surface area contributed by atoms with E-state index in [0.29, 0.717) is 4.47 Å². The van der Waals surface area contributed by atoms with Crippen molar-refractivity contribution in [3.63, 3.8) is 0 Å². The van der Waals surface area contributed by atoms with Gasteiger partial charge in [0.15, 0.2) is 0 Å². The lowest BCUT2D eigenvalue weighted by atomic mass is 10.1. The van der Waals surface area contributed by atoms with Crippen LogP contribution in [0.3, 0.4) is 0 Å². The Balaban J connectivity index is 3.14. The molecule has 0 radical (unpaired) electrons. The number of hydrogen-bond donors (Lipinski definition) is 1. The maximum Gasteiger partial charge on any atom is 0.247 e. The fraction of sp³-hybridized carbons (Fsp3) is 0.533. The fourth-order valence-electron chi connectivity index (χ4n) is 1.98. The summed E-state index contributed by atoms with van der Waals surface area (Å²) in [5, 5.41) is 2.76. The maximum atomic E-state index is 12.8. The smallest absolute Gasteiger partial charge is 0.247 e. The Morgan fingerprint density at radius 1 is 1.35 bits per heavy atom. The first-order valence-corrected chi connectivity index (χ1v) is 9.39. The van der Waals surface area contributed by atoms with Crippen LogP contribution in [0.25, 0.3) is 0 Å². The van der Waals surface area contributed by atoms with E-state index in [0.717, 1.165) is 4.31 Å². The van der Waals surface area contributed by atoms with Crippen molar-refractivity contribution in [3.05, 3.63) is 22.7 Å². The molecule has 8 heteroatoms. The molecule has 0 unspecified atom stereocenters. The van der Waals surface area contributed by atoms with Crippen LogP contribution in [0.4, 0.5) is 0 Å². The highest BCUT2D eigenvalue weighted by molar-refractivity contribution is 9.10. The number of rotatable bonds is 6. The molecule has 1 amide bonds. The lowest BCUT2D eigenvalue weighted by Crippen LogP contribution is -2.47. The van der Waals surface area contributed by atoms with E-state index in [4.69, 9.17) is 4.74 Å². The van der Waals surface area contributed by atoms with Gasteiger partial charge in [-0.1, -0.05) is 22.9 Å². The molecule has 1 rings (SSSR count). The van der Waals surface area contributed by atoms with Gasteiger partial charge in [0, 0.05) is 16.6 Å². The number of likely N-dealkylation sites (N-methyl/N-ethyl adjacent to an activating group) is 1. The van der Waals surface area contributed by atoms with E-state index >= 15 is 0 Å². The summed E-state index contributed by atoms with van der Waals surface area (Å²) in [4.78, 5) is 12.1. The molecule has 1 N–H and O–H groups in total. The zero-order chi connectivity index (χ0) is 17.8. The number of benzene rings is 1. The average Bonchev–Trinajstić information content (AvgIpc) is 2.42. The van der Waals surface area contributed by atoms with Crippen LogP contribution in [0.1, 0.15) is 27.7 Å². The highest BCUT2D eigenvalue weighted by atomic mass is 79.9. The fourth-order valence-corrected chi connectivity index (χ4v) is 4.08. The molecule has 0 aliphatic carbocycles. The Morgan fingerprint density at radius 3 is 2.43 bits per heavy atom. The van der Waals surface area contributed by atoms with E-state index in [2.05, 4.69) is 21.2 Å². The largest absolute Gasteiger partial charge is 0.495 e. The van der Waals surface area contributed by atoms with Crippen molar-refractivity contribution in [1.29, 1.82) is 0 Å². The molecule has 0 atom stereocenters. The molecule has 0 saturated carbocycles. The van der Waals surface area contributed by atoms with Crippen molar-refractivity contribution in [1.82, 2.24) is 9.62 Å². The van der Waals surface area contributed by atoms with Crippen molar-refractivity contribution in [3.8, 4) is 5.75 Å². The number of carbonyl (C=O) groups is 1. The third kappa shape index (κ3) is 5.47. The summed E-state index contributed by atoms with van der Waals surface area (Å²) in [7, 11) is -2.44. The Kier molecular flexibility index (Phi) is 6.61. The Bertz CT molecular complexity index is 669. The third-order valence-electron chi connectivity index (χ3n) is 2.93. The van der Waals surface area contributed by atoms with Gasteiger partial charge in [-0.15, -0.1) is 0 Å². The normalized spacial score (nSPS) is 12.3. The molecule has 130 valence electrons. The minimum atomic E-state index is -3.85. The van der Waals surface area contributed by atoms with E-state index < -0.39 is 15.6 Å². The molecule has 0 aliphatic heterocycles. The number of sulfonamides is 1. The van der Waals surface area contributed by atoms with Crippen LogP contribution in [-0.2, 0) is 14.8 Å². The number of carbonyl (C=O) groups excluding carboxylic acids is 1. The molecule has 6 nitrogen and oxygen atoms in total.